The highest BCUT2D eigenvalue weighted by molar-refractivity contribution is 7.09. The second-order valence-electron chi connectivity index (χ2n) is 4.68. The second-order valence-corrected chi connectivity index (χ2v) is 5.71. The maximum atomic E-state index is 12.6. The highest BCUT2D eigenvalue weighted by Gasteiger charge is 2.34. The number of anilines is 1. The van der Waals surface area contributed by atoms with Crippen LogP contribution in [-0.4, -0.2) is 26.8 Å². The van der Waals surface area contributed by atoms with E-state index in [1.807, 2.05) is 22.4 Å². The fraction of sp³-hybridized carbons (Fsp3) is 0.308. The van der Waals surface area contributed by atoms with Crippen molar-refractivity contribution in [1.29, 1.82) is 0 Å². The number of thiophene rings is 1. The minimum atomic E-state index is -0.0921. The minimum absolute atomic E-state index is 0.0921. The van der Waals surface area contributed by atoms with Crippen molar-refractivity contribution < 1.29 is 4.79 Å². The third-order valence-electron chi connectivity index (χ3n) is 3.16. The number of nitrogen functional groups attached to an aromatic ring is 1. The first-order valence-electron chi connectivity index (χ1n) is 6.40. The van der Waals surface area contributed by atoms with Crippen molar-refractivity contribution >= 4 is 23.1 Å². The molecule has 0 spiro atoms. The zero-order chi connectivity index (χ0) is 13.9. The van der Waals surface area contributed by atoms with Crippen LogP contribution in [0.2, 0.25) is 0 Å². The second kappa shape index (κ2) is 5.56. The first kappa shape index (κ1) is 13.0. The van der Waals surface area contributed by atoms with E-state index in [4.69, 9.17) is 5.84 Å². The number of carbonyl (C=O) groups is 1. The molecule has 0 saturated heterocycles. The van der Waals surface area contributed by atoms with E-state index in [1.54, 1.807) is 11.3 Å². The normalized spacial score (nSPS) is 14.1. The molecule has 0 bridgehead atoms. The van der Waals surface area contributed by atoms with Gasteiger partial charge in [0.15, 0.2) is 5.82 Å². The maximum Gasteiger partial charge on any atom is 0.274 e. The maximum absolute atomic E-state index is 12.6. The summed E-state index contributed by atoms with van der Waals surface area (Å²) in [5.74, 6) is 5.60. The van der Waals surface area contributed by atoms with Gasteiger partial charge in [0.25, 0.3) is 5.91 Å². The summed E-state index contributed by atoms with van der Waals surface area (Å²) in [5.41, 5.74) is 2.73. The van der Waals surface area contributed by atoms with E-state index in [0.29, 0.717) is 24.1 Å². The van der Waals surface area contributed by atoms with Gasteiger partial charge in [0, 0.05) is 10.9 Å². The summed E-state index contributed by atoms with van der Waals surface area (Å²) in [6.45, 7) is 0.628. The molecule has 104 valence electrons. The lowest BCUT2D eigenvalue weighted by atomic mass is 10.3. The number of amides is 1. The fourth-order valence-corrected chi connectivity index (χ4v) is 2.71. The van der Waals surface area contributed by atoms with Gasteiger partial charge in [-0.2, -0.15) is 0 Å². The Hall–Kier alpha value is -1.99. The number of hydrazine groups is 1. The van der Waals surface area contributed by atoms with Gasteiger partial charge in [-0.25, -0.2) is 10.8 Å². The third kappa shape index (κ3) is 2.78. The molecule has 20 heavy (non-hydrogen) atoms. The van der Waals surface area contributed by atoms with E-state index in [9.17, 15) is 4.79 Å². The van der Waals surface area contributed by atoms with E-state index in [0.717, 1.165) is 12.8 Å². The topological polar surface area (TPSA) is 84.1 Å². The zero-order valence-corrected chi connectivity index (χ0v) is 11.6. The average molecular weight is 289 g/mol. The molecule has 2 aromatic rings. The predicted molar refractivity (Wildman–Crippen MR) is 77.1 cm³/mol. The summed E-state index contributed by atoms with van der Waals surface area (Å²) in [4.78, 5) is 23.8. The van der Waals surface area contributed by atoms with Crippen molar-refractivity contribution in [2.24, 2.45) is 5.84 Å². The average Bonchev–Trinajstić information content (AvgIpc) is 3.20. The van der Waals surface area contributed by atoms with Gasteiger partial charge < -0.3 is 10.3 Å². The number of aromatic nitrogens is 2. The SMILES string of the molecule is NNc1cncc(C(=O)N(Cc2cccs2)C2CC2)n1. The van der Waals surface area contributed by atoms with Crippen LogP contribution < -0.4 is 11.3 Å². The summed E-state index contributed by atoms with van der Waals surface area (Å²) in [6, 6.07) is 4.35. The Bertz CT molecular complexity index is 597. The van der Waals surface area contributed by atoms with Crippen LogP contribution in [0.25, 0.3) is 0 Å². The summed E-state index contributed by atoms with van der Waals surface area (Å²) in [5, 5.41) is 2.02. The van der Waals surface area contributed by atoms with Crippen LogP contribution in [0, 0.1) is 0 Å². The number of nitrogens with two attached hydrogens (primary N) is 1. The molecule has 1 saturated carbocycles. The first-order valence-corrected chi connectivity index (χ1v) is 7.28. The molecule has 0 aliphatic heterocycles. The van der Waals surface area contributed by atoms with Gasteiger partial charge in [-0.05, 0) is 24.3 Å². The van der Waals surface area contributed by atoms with Crippen molar-refractivity contribution in [3.63, 3.8) is 0 Å². The van der Waals surface area contributed by atoms with E-state index in [-0.39, 0.29) is 5.91 Å². The van der Waals surface area contributed by atoms with Crippen LogP contribution in [0.1, 0.15) is 28.2 Å². The molecule has 0 unspecified atom stereocenters. The minimum Gasteiger partial charge on any atom is -0.329 e. The fourth-order valence-electron chi connectivity index (χ4n) is 2.01. The van der Waals surface area contributed by atoms with Crippen LogP contribution in [0.3, 0.4) is 0 Å². The molecular weight excluding hydrogens is 274 g/mol. The molecule has 1 fully saturated rings. The molecule has 3 N–H and O–H groups in total. The van der Waals surface area contributed by atoms with Gasteiger partial charge in [-0.3, -0.25) is 9.78 Å². The number of nitrogens with one attached hydrogen (secondary N) is 1. The Morgan fingerprint density at radius 3 is 3.00 bits per heavy atom. The van der Waals surface area contributed by atoms with Crippen LogP contribution in [0.15, 0.2) is 29.9 Å². The van der Waals surface area contributed by atoms with E-state index in [2.05, 4.69) is 15.4 Å². The highest BCUT2D eigenvalue weighted by Crippen LogP contribution is 2.30. The summed E-state index contributed by atoms with van der Waals surface area (Å²) in [7, 11) is 0. The number of rotatable bonds is 5. The molecule has 0 radical (unpaired) electrons. The lowest BCUT2D eigenvalue weighted by molar-refractivity contribution is 0.0725. The Morgan fingerprint density at radius 1 is 1.50 bits per heavy atom. The Balaban J connectivity index is 1.81. The molecule has 3 rings (SSSR count). The number of hydrogen-bond donors (Lipinski definition) is 2. The Kier molecular flexibility index (Phi) is 3.62. The van der Waals surface area contributed by atoms with Crippen LogP contribution in [-0.2, 0) is 6.54 Å². The molecule has 1 amide bonds. The van der Waals surface area contributed by atoms with Crippen molar-refractivity contribution in [3.8, 4) is 0 Å². The molecule has 1 aliphatic rings. The third-order valence-corrected chi connectivity index (χ3v) is 4.02. The summed E-state index contributed by atoms with van der Waals surface area (Å²) in [6.07, 6.45) is 5.07. The van der Waals surface area contributed by atoms with Crippen molar-refractivity contribution in [2.45, 2.75) is 25.4 Å². The van der Waals surface area contributed by atoms with Crippen LogP contribution >= 0.6 is 11.3 Å². The summed E-state index contributed by atoms with van der Waals surface area (Å²) < 4.78 is 0. The molecule has 0 atom stereocenters. The van der Waals surface area contributed by atoms with E-state index >= 15 is 0 Å². The van der Waals surface area contributed by atoms with Gasteiger partial charge in [0.2, 0.25) is 0 Å². The van der Waals surface area contributed by atoms with Crippen molar-refractivity contribution in [2.75, 3.05) is 5.43 Å². The van der Waals surface area contributed by atoms with Gasteiger partial charge >= 0.3 is 0 Å². The number of carbonyl (C=O) groups excluding carboxylic acids is 1. The monoisotopic (exact) mass is 289 g/mol. The molecule has 1 aliphatic carbocycles. The Labute approximate surface area is 120 Å². The van der Waals surface area contributed by atoms with Crippen molar-refractivity contribution in [3.05, 3.63) is 40.5 Å². The lowest BCUT2D eigenvalue weighted by Gasteiger charge is -2.21. The smallest absolute Gasteiger partial charge is 0.274 e. The largest absolute Gasteiger partial charge is 0.329 e. The predicted octanol–water partition coefficient (Wildman–Crippen LogP) is 1.63. The molecule has 2 heterocycles. The Morgan fingerprint density at radius 2 is 2.35 bits per heavy atom. The number of nitrogens with zero attached hydrogens (tertiary/aromatic N) is 3. The van der Waals surface area contributed by atoms with Crippen LogP contribution in [0.4, 0.5) is 5.82 Å². The zero-order valence-electron chi connectivity index (χ0n) is 10.8. The molecule has 0 aromatic carbocycles. The lowest BCUT2D eigenvalue weighted by Crippen LogP contribution is -2.33. The van der Waals surface area contributed by atoms with E-state index < -0.39 is 0 Å². The number of hydrogen-bond acceptors (Lipinski definition) is 6. The van der Waals surface area contributed by atoms with E-state index in [1.165, 1.54) is 17.3 Å². The standard InChI is InChI=1S/C13H15N5OS/c14-17-12-7-15-6-11(16-12)13(19)18(9-3-4-9)8-10-2-1-5-20-10/h1-2,5-7,9H,3-4,8,14H2,(H,16,17). The van der Waals surface area contributed by atoms with Crippen LogP contribution in [0.5, 0.6) is 0 Å². The molecule has 7 heteroatoms. The highest BCUT2D eigenvalue weighted by atomic mass is 32.1. The quantitative estimate of drug-likeness (QED) is 0.645. The van der Waals surface area contributed by atoms with Gasteiger partial charge in [0.05, 0.1) is 18.9 Å². The van der Waals surface area contributed by atoms with Gasteiger partial charge in [0.1, 0.15) is 5.69 Å². The molecule has 2 aromatic heterocycles. The first-order chi connectivity index (χ1) is 9.78. The molecular formula is C13H15N5OS. The molecule has 6 nitrogen and oxygen atoms in total. The van der Waals surface area contributed by atoms with Crippen molar-refractivity contribution in [1.82, 2.24) is 14.9 Å². The van der Waals surface area contributed by atoms with Gasteiger partial charge in [-0.1, -0.05) is 6.07 Å². The summed E-state index contributed by atoms with van der Waals surface area (Å²) >= 11 is 1.65. The van der Waals surface area contributed by atoms with Gasteiger partial charge in [-0.15, -0.1) is 11.3 Å².